The molecule has 1 atom stereocenters. The minimum absolute atomic E-state index is 0.0877. The molecule has 1 aliphatic heterocycles. The number of carbonyl (C=O) groups is 2. The number of rotatable bonds is 6. The number of carboxylic acids is 1. The Kier molecular flexibility index (Phi) is 7.03. The van der Waals surface area contributed by atoms with E-state index in [1.165, 1.54) is 11.1 Å². The van der Waals surface area contributed by atoms with Crippen LogP contribution >= 0.6 is 11.6 Å². The lowest BCUT2D eigenvalue weighted by molar-refractivity contribution is -0.164. The Morgan fingerprint density at radius 2 is 1.57 bits per heavy atom. The number of aliphatic carboxylic acids is 1. The van der Waals surface area contributed by atoms with Gasteiger partial charge < -0.3 is 9.84 Å². The van der Waals surface area contributed by atoms with Gasteiger partial charge in [-0.1, -0.05) is 54.1 Å². The fourth-order valence-electron chi connectivity index (χ4n) is 3.47. The van der Waals surface area contributed by atoms with Gasteiger partial charge in [-0.2, -0.15) is 0 Å². The molecule has 1 N–H and O–H groups in total. The maximum Gasteiger partial charge on any atom is 0.417 e. The zero-order valence-electron chi connectivity index (χ0n) is 15.5. The van der Waals surface area contributed by atoms with Crippen LogP contribution < -0.4 is 0 Å². The third-order valence-corrected chi connectivity index (χ3v) is 5.14. The lowest BCUT2D eigenvalue weighted by Gasteiger charge is -2.39. The second kappa shape index (κ2) is 9.68. The van der Waals surface area contributed by atoms with E-state index in [0.29, 0.717) is 6.54 Å². The summed E-state index contributed by atoms with van der Waals surface area (Å²) in [5.74, 6) is -2.76. The number of halogens is 1. The summed E-state index contributed by atoms with van der Waals surface area (Å²) in [6, 6.07) is 18.5. The van der Waals surface area contributed by atoms with Gasteiger partial charge in [-0.15, -0.1) is 0 Å². The van der Waals surface area contributed by atoms with Crippen molar-refractivity contribution in [3.05, 3.63) is 70.7 Å². The van der Waals surface area contributed by atoms with Crippen LogP contribution in [0.2, 0.25) is 5.02 Å². The minimum Gasteiger partial charge on any atom is -0.473 e. The van der Waals surface area contributed by atoms with Crippen LogP contribution in [-0.2, 0) is 14.3 Å². The molecule has 0 saturated carbocycles. The Morgan fingerprint density at radius 1 is 0.964 bits per heavy atom. The molecule has 0 bridgehead atoms. The average molecular weight is 403 g/mol. The van der Waals surface area contributed by atoms with E-state index in [4.69, 9.17) is 21.4 Å². The lowest BCUT2D eigenvalue weighted by Crippen LogP contribution is -2.48. The van der Waals surface area contributed by atoms with Crippen molar-refractivity contribution in [1.29, 1.82) is 0 Å². The number of esters is 1. The highest BCUT2D eigenvalue weighted by Gasteiger charge is 2.26. The van der Waals surface area contributed by atoms with E-state index in [9.17, 15) is 9.59 Å². The highest BCUT2D eigenvalue weighted by molar-refractivity contribution is 6.30. The van der Waals surface area contributed by atoms with E-state index in [-0.39, 0.29) is 12.6 Å². The number of ether oxygens (including phenoxy) is 1. The molecule has 6 nitrogen and oxygen atoms in total. The topological polar surface area (TPSA) is 70.1 Å². The van der Waals surface area contributed by atoms with E-state index in [0.717, 1.165) is 31.2 Å². The predicted molar refractivity (Wildman–Crippen MR) is 106 cm³/mol. The fraction of sp³-hybridized carbons (Fsp3) is 0.333. The molecule has 1 heterocycles. The van der Waals surface area contributed by atoms with Crippen molar-refractivity contribution in [3.63, 3.8) is 0 Å². The number of nitrogens with zero attached hydrogens (tertiary/aromatic N) is 2. The molecule has 1 aliphatic rings. The number of carboxylic acid groups (broad SMARTS) is 1. The SMILES string of the molecule is O=C(O)C(=O)OCCN1CCN(C(c2ccccc2)c2ccc(Cl)cc2)CC1. The molecule has 148 valence electrons. The summed E-state index contributed by atoms with van der Waals surface area (Å²) in [4.78, 5) is 26.1. The van der Waals surface area contributed by atoms with Gasteiger partial charge in [-0.05, 0) is 23.3 Å². The molecule has 1 saturated heterocycles. The van der Waals surface area contributed by atoms with Crippen LogP contribution in [0.15, 0.2) is 54.6 Å². The summed E-state index contributed by atoms with van der Waals surface area (Å²) in [5.41, 5.74) is 2.42. The number of benzene rings is 2. The van der Waals surface area contributed by atoms with Gasteiger partial charge in [0.05, 0.1) is 6.04 Å². The van der Waals surface area contributed by atoms with Gasteiger partial charge in [0.25, 0.3) is 0 Å². The van der Waals surface area contributed by atoms with Crippen molar-refractivity contribution in [3.8, 4) is 0 Å². The van der Waals surface area contributed by atoms with Crippen LogP contribution in [0, 0.1) is 0 Å². The Bertz CT molecular complexity index is 790. The number of piperazine rings is 1. The van der Waals surface area contributed by atoms with Crippen LogP contribution in [0.4, 0.5) is 0 Å². The molecule has 1 unspecified atom stereocenters. The molecule has 0 aromatic heterocycles. The molecule has 0 aliphatic carbocycles. The maximum atomic E-state index is 11.0. The largest absolute Gasteiger partial charge is 0.473 e. The van der Waals surface area contributed by atoms with Crippen molar-refractivity contribution in [2.45, 2.75) is 6.04 Å². The van der Waals surface area contributed by atoms with E-state index in [2.05, 4.69) is 34.1 Å². The zero-order valence-corrected chi connectivity index (χ0v) is 16.2. The Hall–Kier alpha value is -2.41. The monoisotopic (exact) mass is 402 g/mol. The van der Waals surface area contributed by atoms with Crippen molar-refractivity contribution in [2.75, 3.05) is 39.3 Å². The quantitative estimate of drug-likeness (QED) is 0.591. The number of hydrogen-bond acceptors (Lipinski definition) is 5. The van der Waals surface area contributed by atoms with Crippen molar-refractivity contribution in [1.82, 2.24) is 9.80 Å². The van der Waals surface area contributed by atoms with E-state index in [1.54, 1.807) is 0 Å². The standard InChI is InChI=1S/C21H23ClN2O4/c22-18-8-6-17(7-9-18)19(16-4-2-1-3-5-16)24-12-10-23(11-13-24)14-15-28-21(27)20(25)26/h1-9,19H,10-15H2,(H,25,26). The van der Waals surface area contributed by atoms with Gasteiger partial charge >= 0.3 is 11.9 Å². The van der Waals surface area contributed by atoms with Gasteiger partial charge in [-0.25, -0.2) is 9.59 Å². The smallest absolute Gasteiger partial charge is 0.417 e. The Morgan fingerprint density at radius 3 is 2.18 bits per heavy atom. The third kappa shape index (κ3) is 5.32. The normalized spacial score (nSPS) is 16.5. The van der Waals surface area contributed by atoms with E-state index >= 15 is 0 Å². The highest BCUT2D eigenvalue weighted by atomic mass is 35.5. The van der Waals surface area contributed by atoms with E-state index in [1.807, 2.05) is 30.3 Å². The third-order valence-electron chi connectivity index (χ3n) is 4.89. The van der Waals surface area contributed by atoms with Crippen molar-refractivity contribution in [2.24, 2.45) is 0 Å². The predicted octanol–water partition coefficient (Wildman–Crippen LogP) is 2.67. The molecule has 2 aromatic rings. The summed E-state index contributed by atoms with van der Waals surface area (Å²) >= 11 is 6.06. The first-order valence-corrected chi connectivity index (χ1v) is 9.59. The summed E-state index contributed by atoms with van der Waals surface area (Å²) < 4.78 is 4.72. The number of hydrogen-bond donors (Lipinski definition) is 1. The van der Waals surface area contributed by atoms with Crippen LogP contribution in [-0.4, -0.2) is 66.2 Å². The van der Waals surface area contributed by atoms with Crippen LogP contribution in [0.5, 0.6) is 0 Å². The summed E-state index contributed by atoms with van der Waals surface area (Å²) in [6.45, 7) is 3.97. The lowest BCUT2D eigenvalue weighted by atomic mass is 9.96. The molecule has 1 fully saturated rings. The Balaban J connectivity index is 1.63. The minimum atomic E-state index is -1.56. The van der Waals surface area contributed by atoms with E-state index < -0.39 is 11.9 Å². The molecule has 2 aromatic carbocycles. The van der Waals surface area contributed by atoms with Crippen molar-refractivity contribution < 1.29 is 19.4 Å². The van der Waals surface area contributed by atoms with Crippen LogP contribution in [0.25, 0.3) is 0 Å². The second-order valence-corrected chi connectivity index (χ2v) is 7.12. The van der Waals surface area contributed by atoms with Crippen LogP contribution in [0.1, 0.15) is 17.2 Å². The molecular formula is C21H23ClN2O4. The first-order chi connectivity index (χ1) is 13.5. The van der Waals surface area contributed by atoms with Gasteiger partial charge in [0.15, 0.2) is 0 Å². The molecule has 28 heavy (non-hydrogen) atoms. The fourth-order valence-corrected chi connectivity index (χ4v) is 3.59. The van der Waals surface area contributed by atoms with Gasteiger partial charge in [-0.3, -0.25) is 9.80 Å². The summed E-state index contributed by atoms with van der Waals surface area (Å²) in [6.07, 6.45) is 0. The maximum absolute atomic E-state index is 11.0. The van der Waals surface area contributed by atoms with Gasteiger partial charge in [0, 0.05) is 37.7 Å². The Labute approximate surface area is 169 Å². The molecule has 7 heteroatoms. The summed E-state index contributed by atoms with van der Waals surface area (Å²) in [7, 11) is 0. The summed E-state index contributed by atoms with van der Waals surface area (Å²) in [5, 5.41) is 9.26. The van der Waals surface area contributed by atoms with Crippen LogP contribution in [0.3, 0.4) is 0 Å². The number of carbonyl (C=O) groups excluding carboxylic acids is 1. The molecule has 0 spiro atoms. The van der Waals surface area contributed by atoms with Crippen molar-refractivity contribution >= 4 is 23.5 Å². The molecule has 3 rings (SSSR count). The highest BCUT2D eigenvalue weighted by Crippen LogP contribution is 2.30. The second-order valence-electron chi connectivity index (χ2n) is 6.68. The molecule has 0 radical (unpaired) electrons. The average Bonchev–Trinajstić information content (AvgIpc) is 2.71. The zero-order chi connectivity index (χ0) is 19.9. The molecule has 0 amide bonds. The van der Waals surface area contributed by atoms with Gasteiger partial charge in [0.1, 0.15) is 6.61 Å². The molecular weight excluding hydrogens is 380 g/mol. The first kappa shape index (κ1) is 20.3. The van der Waals surface area contributed by atoms with Gasteiger partial charge in [0.2, 0.25) is 0 Å². The first-order valence-electron chi connectivity index (χ1n) is 9.21.